The lowest BCUT2D eigenvalue weighted by molar-refractivity contribution is -0.140. The SMILES string of the molecule is C=C(C)C(=O)OCCN(SSN(CCOC(=O)C(=C)C)C(C)(C)C)C(C)(C)C. The molecule has 0 saturated carbocycles. The van der Waals surface area contributed by atoms with Crippen molar-refractivity contribution in [2.45, 2.75) is 66.5 Å². The van der Waals surface area contributed by atoms with E-state index < -0.39 is 0 Å². The summed E-state index contributed by atoms with van der Waals surface area (Å²) in [6, 6.07) is 0. The molecule has 0 atom stereocenters. The molecule has 0 heterocycles. The summed E-state index contributed by atoms with van der Waals surface area (Å²) in [7, 11) is 3.19. The maximum absolute atomic E-state index is 11.6. The quantitative estimate of drug-likeness (QED) is 0.203. The number of nitrogens with zero attached hydrogens (tertiary/aromatic N) is 2. The maximum atomic E-state index is 11.6. The highest BCUT2D eigenvalue weighted by atomic mass is 33.1. The molecule has 0 saturated heterocycles. The molecule has 0 radical (unpaired) electrons. The molecular weight excluding hydrogens is 396 g/mol. The van der Waals surface area contributed by atoms with Crippen molar-refractivity contribution < 1.29 is 19.1 Å². The van der Waals surface area contributed by atoms with Crippen LogP contribution in [0, 0.1) is 0 Å². The predicted octanol–water partition coefficient (Wildman–Crippen LogP) is 4.64. The summed E-state index contributed by atoms with van der Waals surface area (Å²) in [6.45, 7) is 24.9. The van der Waals surface area contributed by atoms with E-state index in [9.17, 15) is 9.59 Å². The smallest absolute Gasteiger partial charge is 0.333 e. The third-order valence-electron chi connectivity index (χ3n) is 3.46. The molecule has 0 amide bonds. The van der Waals surface area contributed by atoms with Gasteiger partial charge in [-0.25, -0.2) is 18.2 Å². The number of hydrogen-bond acceptors (Lipinski definition) is 8. The number of hydrogen-bond donors (Lipinski definition) is 0. The van der Waals surface area contributed by atoms with Crippen LogP contribution in [0.1, 0.15) is 55.4 Å². The van der Waals surface area contributed by atoms with E-state index in [1.54, 1.807) is 35.8 Å². The van der Waals surface area contributed by atoms with Gasteiger partial charge in [0.1, 0.15) is 13.2 Å². The molecule has 0 aromatic rings. The molecular formula is C20H36N2O4S2. The Morgan fingerprint density at radius 3 is 1.25 bits per heavy atom. The molecule has 0 aromatic heterocycles. The average Bonchev–Trinajstić information content (AvgIpc) is 2.52. The van der Waals surface area contributed by atoms with E-state index in [-0.39, 0.29) is 23.0 Å². The molecule has 8 heteroatoms. The van der Waals surface area contributed by atoms with Gasteiger partial charge in [0.2, 0.25) is 0 Å². The van der Waals surface area contributed by atoms with Crippen LogP contribution in [0.15, 0.2) is 24.3 Å². The molecule has 0 aromatic carbocycles. The number of esters is 2. The lowest BCUT2D eigenvalue weighted by Gasteiger charge is -2.38. The first kappa shape index (κ1) is 27.0. The minimum atomic E-state index is -0.373. The lowest BCUT2D eigenvalue weighted by Crippen LogP contribution is -2.41. The maximum Gasteiger partial charge on any atom is 0.333 e. The van der Waals surface area contributed by atoms with Crippen LogP contribution in [0.4, 0.5) is 0 Å². The first-order valence-corrected chi connectivity index (χ1v) is 11.3. The zero-order chi connectivity index (χ0) is 22.1. The van der Waals surface area contributed by atoms with Crippen LogP contribution in [0.2, 0.25) is 0 Å². The molecule has 162 valence electrons. The second-order valence-electron chi connectivity index (χ2n) is 8.53. The molecule has 0 fully saturated rings. The summed E-state index contributed by atoms with van der Waals surface area (Å²) in [6.07, 6.45) is 0. The molecule has 0 unspecified atom stereocenters. The average molecular weight is 433 g/mol. The van der Waals surface area contributed by atoms with Gasteiger partial charge in [-0.05, 0) is 55.4 Å². The number of ether oxygens (including phenoxy) is 2. The monoisotopic (exact) mass is 432 g/mol. The fourth-order valence-electron chi connectivity index (χ4n) is 1.74. The highest BCUT2D eigenvalue weighted by Crippen LogP contribution is 2.38. The van der Waals surface area contributed by atoms with Gasteiger partial charge in [-0.15, -0.1) is 0 Å². The fourth-order valence-corrected chi connectivity index (χ4v) is 4.92. The van der Waals surface area contributed by atoms with Crippen LogP contribution in [-0.2, 0) is 19.1 Å². The van der Waals surface area contributed by atoms with Crippen molar-refractivity contribution in [2.24, 2.45) is 0 Å². The molecule has 0 N–H and O–H groups in total. The minimum Gasteiger partial charge on any atom is -0.461 e. The first-order valence-electron chi connectivity index (χ1n) is 9.21. The zero-order valence-electron chi connectivity index (χ0n) is 18.6. The van der Waals surface area contributed by atoms with Gasteiger partial charge in [0.05, 0.1) is 0 Å². The minimum absolute atomic E-state index is 0.122. The Morgan fingerprint density at radius 2 is 1.04 bits per heavy atom. The van der Waals surface area contributed by atoms with E-state index in [2.05, 4.69) is 63.3 Å². The van der Waals surface area contributed by atoms with Crippen molar-refractivity contribution in [3.63, 3.8) is 0 Å². The Labute approximate surface area is 178 Å². The van der Waals surface area contributed by atoms with Crippen LogP contribution in [0.3, 0.4) is 0 Å². The Hall–Kier alpha value is -0.960. The summed E-state index contributed by atoms with van der Waals surface area (Å²) in [5.41, 5.74) is 0.548. The van der Waals surface area contributed by atoms with E-state index >= 15 is 0 Å². The molecule has 0 rings (SSSR count). The number of rotatable bonds is 11. The standard InChI is InChI=1S/C20H36N2O4S2/c1-15(2)17(23)25-13-11-21(19(5,6)7)27-28-22(20(8,9)10)12-14-26-18(24)16(3)4/h1,3,11-14H2,2,4-10H3. The van der Waals surface area contributed by atoms with Gasteiger partial charge < -0.3 is 9.47 Å². The summed E-state index contributed by atoms with van der Waals surface area (Å²) in [4.78, 5) is 23.2. The third-order valence-corrected chi connectivity index (χ3v) is 6.63. The Bertz CT molecular complexity index is 516. The lowest BCUT2D eigenvalue weighted by atomic mass is 10.1. The normalized spacial score (nSPS) is 12.2. The Kier molecular flexibility index (Phi) is 11.5. The third kappa shape index (κ3) is 11.1. The molecule has 0 aliphatic heterocycles. The number of carbonyl (C=O) groups excluding carboxylic acids is 2. The van der Waals surface area contributed by atoms with Crippen LogP contribution in [0.5, 0.6) is 0 Å². The topological polar surface area (TPSA) is 59.1 Å². The van der Waals surface area contributed by atoms with Gasteiger partial charge in [0.15, 0.2) is 0 Å². The van der Waals surface area contributed by atoms with E-state index in [0.29, 0.717) is 37.4 Å². The fraction of sp³-hybridized carbons (Fsp3) is 0.700. The van der Waals surface area contributed by atoms with E-state index in [4.69, 9.17) is 9.47 Å². The van der Waals surface area contributed by atoms with Crippen LogP contribution in [0.25, 0.3) is 0 Å². The van der Waals surface area contributed by atoms with Crippen molar-refractivity contribution >= 4 is 33.9 Å². The van der Waals surface area contributed by atoms with Gasteiger partial charge in [-0.1, -0.05) is 13.2 Å². The Morgan fingerprint density at radius 1 is 0.750 bits per heavy atom. The summed E-state index contributed by atoms with van der Waals surface area (Å²) in [5, 5.41) is 0. The molecule has 0 bridgehead atoms. The van der Waals surface area contributed by atoms with Gasteiger partial charge in [0.25, 0.3) is 0 Å². The van der Waals surface area contributed by atoms with Gasteiger partial charge in [0, 0.05) is 57.3 Å². The Balaban J connectivity index is 4.80. The van der Waals surface area contributed by atoms with Crippen LogP contribution < -0.4 is 0 Å². The van der Waals surface area contributed by atoms with E-state index in [1.807, 2.05) is 0 Å². The van der Waals surface area contributed by atoms with E-state index in [0.717, 1.165) is 0 Å². The summed E-state index contributed by atoms with van der Waals surface area (Å²) >= 11 is 0. The van der Waals surface area contributed by atoms with Gasteiger partial charge in [-0.2, -0.15) is 0 Å². The number of carbonyl (C=O) groups is 2. The second kappa shape index (κ2) is 11.9. The largest absolute Gasteiger partial charge is 0.461 e. The zero-order valence-corrected chi connectivity index (χ0v) is 20.2. The molecule has 0 aliphatic carbocycles. The molecule has 28 heavy (non-hydrogen) atoms. The summed E-state index contributed by atoms with van der Waals surface area (Å²) < 4.78 is 14.8. The van der Waals surface area contributed by atoms with Crippen LogP contribution in [-0.4, -0.2) is 57.9 Å². The van der Waals surface area contributed by atoms with Crippen molar-refractivity contribution in [3.8, 4) is 0 Å². The van der Waals surface area contributed by atoms with Crippen molar-refractivity contribution in [2.75, 3.05) is 26.3 Å². The van der Waals surface area contributed by atoms with Gasteiger partial charge in [-0.3, -0.25) is 0 Å². The van der Waals surface area contributed by atoms with Crippen LogP contribution >= 0.6 is 22.0 Å². The molecule has 6 nitrogen and oxygen atoms in total. The highest BCUT2D eigenvalue weighted by Gasteiger charge is 2.28. The first-order chi connectivity index (χ1) is 12.7. The van der Waals surface area contributed by atoms with Gasteiger partial charge >= 0.3 is 11.9 Å². The summed E-state index contributed by atoms with van der Waals surface area (Å²) in [5.74, 6) is -0.746. The molecule has 0 spiro atoms. The van der Waals surface area contributed by atoms with Crippen molar-refractivity contribution in [3.05, 3.63) is 24.3 Å². The predicted molar refractivity (Wildman–Crippen MR) is 120 cm³/mol. The van der Waals surface area contributed by atoms with E-state index in [1.165, 1.54) is 0 Å². The van der Waals surface area contributed by atoms with Crippen molar-refractivity contribution in [1.29, 1.82) is 0 Å². The molecule has 0 aliphatic rings. The second-order valence-corrected chi connectivity index (χ2v) is 10.6. The highest BCUT2D eigenvalue weighted by molar-refractivity contribution is 8.74. The van der Waals surface area contributed by atoms with Crippen molar-refractivity contribution in [1.82, 2.24) is 8.61 Å².